The van der Waals surface area contributed by atoms with E-state index in [2.05, 4.69) is 9.47 Å². The first-order chi connectivity index (χ1) is 18.0. The van der Waals surface area contributed by atoms with Gasteiger partial charge in [-0.05, 0) is 35.7 Å². The van der Waals surface area contributed by atoms with Crippen LogP contribution in [0, 0.1) is 5.21 Å². The molecule has 0 saturated heterocycles. The molecule has 15 heteroatoms. The number of aromatic nitrogens is 1. The maximum atomic E-state index is 13.3. The highest BCUT2D eigenvalue weighted by Gasteiger charge is 2.71. The van der Waals surface area contributed by atoms with Gasteiger partial charge in [-0.3, -0.25) is 0 Å². The second kappa shape index (κ2) is 11.2. The first kappa shape index (κ1) is 29.8. The van der Waals surface area contributed by atoms with E-state index in [0.29, 0.717) is 22.4 Å². The smallest absolute Gasteiger partial charge is 0.430 e. The third-order valence-corrected chi connectivity index (χ3v) is 5.63. The predicted octanol–water partition coefficient (Wildman–Crippen LogP) is 6.21. The fraction of sp³-hybridized carbons (Fsp3) is 0.292. The molecule has 1 heterocycles. The molecule has 3 rings (SSSR count). The molecule has 5 nitrogen and oxygen atoms in total. The summed E-state index contributed by atoms with van der Waals surface area (Å²) in [5.74, 6) is -2.62. The van der Waals surface area contributed by atoms with E-state index in [1.54, 1.807) is 0 Å². The highest BCUT2D eigenvalue weighted by Crippen LogP contribution is 2.50. The Labute approximate surface area is 213 Å². The van der Waals surface area contributed by atoms with Gasteiger partial charge in [-0.25, -0.2) is 0 Å². The highest BCUT2D eigenvalue weighted by molar-refractivity contribution is 5.47. The molecule has 1 unspecified atom stereocenters. The van der Waals surface area contributed by atoms with Gasteiger partial charge in [-0.2, -0.15) is 48.6 Å². The van der Waals surface area contributed by atoms with Gasteiger partial charge in [0.05, 0.1) is 0 Å². The maximum Gasteiger partial charge on any atom is 0.430 e. The summed E-state index contributed by atoms with van der Waals surface area (Å²) in [4.78, 5) is 0. The number of aliphatic hydroxyl groups is 1. The van der Waals surface area contributed by atoms with E-state index < -0.39 is 54.2 Å². The van der Waals surface area contributed by atoms with E-state index in [-0.39, 0.29) is 17.5 Å². The zero-order valence-corrected chi connectivity index (χ0v) is 19.2. The van der Waals surface area contributed by atoms with Crippen LogP contribution < -0.4 is 14.2 Å². The van der Waals surface area contributed by atoms with Crippen LogP contribution in [0.2, 0.25) is 0 Å². The molecule has 1 N–H and O–H groups in total. The second-order valence-corrected chi connectivity index (χ2v) is 8.12. The van der Waals surface area contributed by atoms with Crippen molar-refractivity contribution in [2.24, 2.45) is 0 Å². The minimum atomic E-state index is -6.12. The van der Waals surface area contributed by atoms with Crippen molar-refractivity contribution >= 4 is 0 Å². The molecule has 1 atom stereocenters. The average molecular weight is 573 g/mol. The molecule has 0 aliphatic rings. The molecule has 0 amide bonds. The minimum Gasteiger partial charge on any atom is -0.619 e. The van der Waals surface area contributed by atoms with Gasteiger partial charge in [0, 0.05) is 23.1 Å². The molecule has 0 aliphatic heterocycles. The van der Waals surface area contributed by atoms with Crippen molar-refractivity contribution in [3.63, 3.8) is 0 Å². The summed E-state index contributed by atoms with van der Waals surface area (Å²) in [5.41, 5.74) is -6.34. The van der Waals surface area contributed by atoms with Crippen molar-refractivity contribution in [1.82, 2.24) is 0 Å². The number of rotatable bonds is 9. The van der Waals surface area contributed by atoms with Crippen LogP contribution in [0.5, 0.6) is 11.5 Å². The zero-order chi connectivity index (χ0) is 29.2. The summed E-state index contributed by atoms with van der Waals surface area (Å²) in [7, 11) is 0. The number of nitrogens with zero attached hydrogens (tertiary/aromatic N) is 1. The summed E-state index contributed by atoms with van der Waals surface area (Å²) in [5, 5.41) is 21.3. The molecular formula is C24H17F10NO4. The predicted molar refractivity (Wildman–Crippen MR) is 113 cm³/mol. The van der Waals surface area contributed by atoms with E-state index in [4.69, 9.17) is 0 Å². The molecule has 0 saturated carbocycles. The van der Waals surface area contributed by atoms with Gasteiger partial charge in [0.15, 0.2) is 23.9 Å². The fourth-order valence-corrected chi connectivity index (χ4v) is 3.85. The average Bonchev–Trinajstić information content (AvgIpc) is 2.81. The van der Waals surface area contributed by atoms with Crippen LogP contribution in [0.1, 0.15) is 28.2 Å². The van der Waals surface area contributed by atoms with E-state index in [0.717, 1.165) is 42.7 Å². The number of pyridine rings is 1. The molecule has 0 bridgehead atoms. The molecule has 0 aliphatic carbocycles. The summed E-state index contributed by atoms with van der Waals surface area (Å²) in [6.45, 7) is -6.87. The molecule has 0 spiro atoms. The Morgan fingerprint density at radius 3 is 1.82 bits per heavy atom. The van der Waals surface area contributed by atoms with E-state index >= 15 is 0 Å². The topological polar surface area (TPSA) is 65.6 Å². The largest absolute Gasteiger partial charge is 0.619 e. The van der Waals surface area contributed by atoms with Crippen LogP contribution in [-0.4, -0.2) is 30.7 Å². The Morgan fingerprint density at radius 1 is 0.769 bits per heavy atom. The van der Waals surface area contributed by atoms with E-state index in [1.807, 2.05) is 0 Å². The SMILES string of the molecule is [O-][n+]1cccc(CC(c2ccc(C(O)(C(F)(F)F)C(F)(F)F)cc2)c2ccc(OC(F)F)c(OC(F)F)c2)c1. The van der Waals surface area contributed by atoms with Crippen LogP contribution >= 0.6 is 0 Å². The third-order valence-electron chi connectivity index (χ3n) is 5.63. The van der Waals surface area contributed by atoms with Crippen LogP contribution in [0.25, 0.3) is 0 Å². The molecule has 0 fully saturated rings. The van der Waals surface area contributed by atoms with Crippen molar-refractivity contribution in [3.8, 4) is 11.5 Å². The van der Waals surface area contributed by atoms with Crippen LogP contribution in [0.4, 0.5) is 43.9 Å². The number of benzene rings is 2. The van der Waals surface area contributed by atoms with Crippen molar-refractivity contribution in [2.45, 2.75) is 43.5 Å². The Kier molecular flexibility index (Phi) is 8.53. The summed E-state index contributed by atoms with van der Waals surface area (Å²) >= 11 is 0. The Balaban J connectivity index is 2.13. The Morgan fingerprint density at radius 2 is 1.31 bits per heavy atom. The summed E-state index contributed by atoms with van der Waals surface area (Å²) in [6, 6.07) is 8.18. The molecule has 212 valence electrons. The number of halogens is 10. The van der Waals surface area contributed by atoms with Crippen LogP contribution in [0.3, 0.4) is 0 Å². The standard InChI is InChI=1S/C24H17F10NO4/c25-20(26)38-18-8-5-15(11-19(18)39-21(27)28)17(10-13-2-1-9-35(37)12-13)14-3-6-16(7-4-14)22(36,23(29,30)31)24(32,33)34/h1-9,11-12,17,20-21,36H,10H2. The molecule has 1 aromatic heterocycles. The van der Waals surface area contributed by atoms with Crippen molar-refractivity contribution in [1.29, 1.82) is 0 Å². The lowest BCUT2D eigenvalue weighted by Gasteiger charge is -2.33. The van der Waals surface area contributed by atoms with E-state index in [1.165, 1.54) is 12.1 Å². The number of hydrogen-bond acceptors (Lipinski definition) is 4. The number of hydrogen-bond donors (Lipinski definition) is 1. The summed E-state index contributed by atoms with van der Waals surface area (Å²) < 4.78 is 140. The first-order valence-corrected chi connectivity index (χ1v) is 10.7. The molecule has 0 radical (unpaired) electrons. The molecule has 39 heavy (non-hydrogen) atoms. The van der Waals surface area contributed by atoms with Gasteiger partial charge in [-0.1, -0.05) is 30.3 Å². The maximum absolute atomic E-state index is 13.3. The van der Waals surface area contributed by atoms with Gasteiger partial charge in [0.25, 0.3) is 5.60 Å². The normalized spacial score (nSPS) is 13.6. The molecule has 3 aromatic rings. The lowest BCUT2D eigenvalue weighted by atomic mass is 9.84. The van der Waals surface area contributed by atoms with Crippen molar-refractivity contribution in [2.75, 3.05) is 0 Å². The van der Waals surface area contributed by atoms with Crippen LogP contribution in [0.15, 0.2) is 67.0 Å². The van der Waals surface area contributed by atoms with Gasteiger partial charge in [0.1, 0.15) is 0 Å². The van der Waals surface area contributed by atoms with E-state index in [9.17, 15) is 54.2 Å². The van der Waals surface area contributed by atoms with Gasteiger partial charge < -0.3 is 19.8 Å². The van der Waals surface area contributed by atoms with Crippen LogP contribution in [-0.2, 0) is 12.0 Å². The zero-order valence-electron chi connectivity index (χ0n) is 19.2. The minimum absolute atomic E-state index is 0.0253. The third kappa shape index (κ3) is 6.64. The lowest BCUT2D eigenvalue weighted by Crippen LogP contribution is -2.53. The van der Waals surface area contributed by atoms with Crippen molar-refractivity contribution in [3.05, 3.63) is 94.5 Å². The first-order valence-electron chi connectivity index (χ1n) is 10.7. The number of ether oxygens (including phenoxy) is 2. The monoisotopic (exact) mass is 573 g/mol. The van der Waals surface area contributed by atoms with Gasteiger partial charge in [0.2, 0.25) is 0 Å². The van der Waals surface area contributed by atoms with Gasteiger partial charge in [-0.15, -0.1) is 0 Å². The number of alkyl halides is 10. The van der Waals surface area contributed by atoms with Gasteiger partial charge >= 0.3 is 25.6 Å². The molecular weight excluding hydrogens is 556 g/mol. The quantitative estimate of drug-likeness (QED) is 0.188. The fourth-order valence-electron chi connectivity index (χ4n) is 3.85. The van der Waals surface area contributed by atoms with Crippen molar-refractivity contribution < 1.29 is 63.2 Å². The summed E-state index contributed by atoms with van der Waals surface area (Å²) in [6.07, 6.45) is -10.2. The Bertz CT molecular complexity index is 1250. The molecule has 2 aromatic carbocycles. The second-order valence-electron chi connectivity index (χ2n) is 8.12. The lowest BCUT2D eigenvalue weighted by molar-refractivity contribution is -0.605. The Hall–Kier alpha value is -3.75. The highest BCUT2D eigenvalue weighted by atomic mass is 19.4.